The van der Waals surface area contributed by atoms with Gasteiger partial charge in [-0.25, -0.2) is 14.8 Å². The molecule has 3 aromatic heterocycles. The summed E-state index contributed by atoms with van der Waals surface area (Å²) in [6, 6.07) is 7.25. The number of nitrogens with zero attached hydrogens (tertiary/aromatic N) is 3. The molecule has 1 amide bonds. The van der Waals surface area contributed by atoms with Crippen LogP contribution in [0.1, 0.15) is 81.2 Å². The number of aryl methyl sites for hydroxylation is 1. The Bertz CT molecular complexity index is 1420. The molecule has 0 aliphatic heterocycles. The third kappa shape index (κ3) is 7.43. The third-order valence-electron chi connectivity index (χ3n) is 6.00. The highest BCUT2D eigenvalue weighted by atomic mass is 16.6. The number of hydrogen-bond acceptors (Lipinski definition) is 9. The van der Waals surface area contributed by atoms with Crippen LogP contribution in [0, 0.1) is 6.92 Å². The molecule has 39 heavy (non-hydrogen) atoms. The van der Waals surface area contributed by atoms with Gasteiger partial charge in [0.15, 0.2) is 5.76 Å². The lowest BCUT2D eigenvalue weighted by molar-refractivity contribution is 0.0492. The lowest BCUT2D eigenvalue weighted by Gasteiger charge is -2.22. The summed E-state index contributed by atoms with van der Waals surface area (Å²) in [5.41, 5.74) is 1.82. The standard InChI is InChI=1S/C29H34N4O6/c1-18-11-12-19-15-20(24(36-5)16-22(19)32-18)25-17-31-26(38-25)21(33-28(35)39-29(2,3)4)9-7-6-8-10-23(34)27-30-13-14-37-27/h11-17,21H,6-10H2,1-5H3,(H,33,35)/t21-/m0/s1. The van der Waals surface area contributed by atoms with E-state index in [1.807, 2.05) is 31.2 Å². The van der Waals surface area contributed by atoms with Crippen LogP contribution in [-0.4, -0.2) is 39.5 Å². The summed E-state index contributed by atoms with van der Waals surface area (Å²) in [6.45, 7) is 7.35. The molecule has 0 saturated heterocycles. The second-order valence-electron chi connectivity index (χ2n) is 10.3. The number of amides is 1. The molecule has 3 heterocycles. The number of oxazole rings is 2. The number of ether oxygens (including phenoxy) is 2. The third-order valence-corrected chi connectivity index (χ3v) is 6.00. The predicted octanol–water partition coefficient (Wildman–Crippen LogP) is 6.59. The summed E-state index contributed by atoms with van der Waals surface area (Å²) in [7, 11) is 1.59. The monoisotopic (exact) mass is 534 g/mol. The van der Waals surface area contributed by atoms with Crippen LogP contribution in [0.3, 0.4) is 0 Å². The van der Waals surface area contributed by atoms with Gasteiger partial charge in [-0.15, -0.1) is 0 Å². The number of Topliss-reactive ketones (excluding diaryl/α,β-unsaturated/α-hetero) is 1. The molecule has 0 bridgehead atoms. The number of alkyl carbamates (subject to hydrolysis) is 1. The molecule has 0 aliphatic rings. The maximum atomic E-state index is 12.6. The number of pyridine rings is 1. The van der Waals surface area contributed by atoms with E-state index >= 15 is 0 Å². The van der Waals surface area contributed by atoms with E-state index in [0.717, 1.165) is 35.0 Å². The van der Waals surface area contributed by atoms with Crippen molar-refractivity contribution < 1.29 is 27.9 Å². The zero-order chi connectivity index (χ0) is 28.0. The van der Waals surface area contributed by atoms with Crippen molar-refractivity contribution in [1.29, 1.82) is 0 Å². The first-order valence-electron chi connectivity index (χ1n) is 13.0. The number of ketones is 1. The largest absolute Gasteiger partial charge is 0.496 e. The van der Waals surface area contributed by atoms with Gasteiger partial charge in [0.05, 0.1) is 30.6 Å². The van der Waals surface area contributed by atoms with Crippen molar-refractivity contribution in [2.24, 2.45) is 0 Å². The Morgan fingerprint density at radius 2 is 1.92 bits per heavy atom. The fraction of sp³-hybridized carbons (Fsp3) is 0.414. The number of carbonyl (C=O) groups is 2. The van der Waals surface area contributed by atoms with Crippen molar-refractivity contribution in [3.8, 4) is 17.1 Å². The van der Waals surface area contributed by atoms with Crippen LogP contribution in [0.5, 0.6) is 5.75 Å². The smallest absolute Gasteiger partial charge is 0.408 e. The number of fused-ring (bicyclic) bond motifs is 1. The molecule has 0 radical (unpaired) electrons. The lowest BCUT2D eigenvalue weighted by Crippen LogP contribution is -2.35. The first kappa shape index (κ1) is 27.8. The maximum absolute atomic E-state index is 12.6. The van der Waals surface area contributed by atoms with Crippen LogP contribution in [-0.2, 0) is 4.74 Å². The van der Waals surface area contributed by atoms with Crippen LogP contribution in [0.15, 0.2) is 51.8 Å². The Balaban J connectivity index is 1.49. The van der Waals surface area contributed by atoms with E-state index in [0.29, 0.717) is 36.7 Å². The van der Waals surface area contributed by atoms with Gasteiger partial charge in [0.1, 0.15) is 23.7 Å². The van der Waals surface area contributed by atoms with E-state index in [-0.39, 0.29) is 11.7 Å². The second kappa shape index (κ2) is 12.1. The highest BCUT2D eigenvalue weighted by Crippen LogP contribution is 2.35. The molecule has 1 N–H and O–H groups in total. The van der Waals surface area contributed by atoms with Gasteiger partial charge in [0, 0.05) is 23.6 Å². The van der Waals surface area contributed by atoms with E-state index in [1.165, 1.54) is 12.5 Å². The first-order chi connectivity index (χ1) is 18.6. The van der Waals surface area contributed by atoms with E-state index in [2.05, 4.69) is 20.3 Å². The number of benzene rings is 1. The van der Waals surface area contributed by atoms with Crippen LogP contribution in [0.25, 0.3) is 22.2 Å². The van der Waals surface area contributed by atoms with Gasteiger partial charge < -0.3 is 23.6 Å². The van der Waals surface area contributed by atoms with Crippen molar-refractivity contribution >= 4 is 22.8 Å². The minimum atomic E-state index is -0.651. The molecule has 1 atom stereocenters. The highest BCUT2D eigenvalue weighted by molar-refractivity contribution is 5.91. The van der Waals surface area contributed by atoms with Crippen molar-refractivity contribution in [3.63, 3.8) is 0 Å². The van der Waals surface area contributed by atoms with Gasteiger partial charge in [0.25, 0.3) is 5.89 Å². The fourth-order valence-electron chi connectivity index (χ4n) is 4.17. The summed E-state index contributed by atoms with van der Waals surface area (Å²) >= 11 is 0. The van der Waals surface area contributed by atoms with Crippen LogP contribution in [0.2, 0.25) is 0 Å². The molecular formula is C29H34N4O6. The Morgan fingerprint density at radius 1 is 1.10 bits per heavy atom. The highest BCUT2D eigenvalue weighted by Gasteiger charge is 2.25. The zero-order valence-electron chi connectivity index (χ0n) is 22.9. The van der Waals surface area contributed by atoms with E-state index in [1.54, 1.807) is 34.1 Å². The summed E-state index contributed by atoms with van der Waals surface area (Å²) in [5.74, 6) is 1.47. The summed E-state index contributed by atoms with van der Waals surface area (Å²) in [5, 5.41) is 3.83. The fourth-order valence-corrected chi connectivity index (χ4v) is 4.17. The Hall–Kier alpha value is -4.21. The number of aromatic nitrogens is 3. The van der Waals surface area contributed by atoms with Crippen molar-refractivity contribution in [3.05, 3.63) is 60.4 Å². The lowest BCUT2D eigenvalue weighted by atomic mass is 10.1. The molecular weight excluding hydrogens is 500 g/mol. The summed E-state index contributed by atoms with van der Waals surface area (Å²) in [4.78, 5) is 37.7. The van der Waals surface area contributed by atoms with Crippen LogP contribution >= 0.6 is 0 Å². The van der Waals surface area contributed by atoms with Crippen molar-refractivity contribution in [1.82, 2.24) is 20.3 Å². The van der Waals surface area contributed by atoms with Gasteiger partial charge in [-0.3, -0.25) is 9.78 Å². The van der Waals surface area contributed by atoms with Crippen LogP contribution in [0.4, 0.5) is 4.79 Å². The quantitative estimate of drug-likeness (QED) is 0.167. The minimum Gasteiger partial charge on any atom is -0.496 e. The molecule has 4 aromatic rings. The van der Waals surface area contributed by atoms with Gasteiger partial charge in [-0.05, 0) is 52.7 Å². The van der Waals surface area contributed by atoms with E-state index in [9.17, 15) is 9.59 Å². The van der Waals surface area contributed by atoms with Crippen LogP contribution < -0.4 is 10.1 Å². The molecule has 0 spiro atoms. The average Bonchev–Trinajstić information content (AvgIpc) is 3.58. The van der Waals surface area contributed by atoms with Crippen molar-refractivity contribution in [2.75, 3.05) is 7.11 Å². The normalized spacial score (nSPS) is 12.3. The topological polar surface area (TPSA) is 130 Å². The number of methoxy groups -OCH3 is 1. The van der Waals surface area contributed by atoms with Gasteiger partial charge >= 0.3 is 6.09 Å². The Labute approximate surface area is 227 Å². The minimum absolute atomic E-state index is 0.127. The molecule has 0 saturated carbocycles. The molecule has 10 heteroatoms. The number of unbranched alkanes of at least 4 members (excludes halogenated alkanes) is 2. The molecule has 10 nitrogen and oxygen atoms in total. The van der Waals surface area contributed by atoms with Gasteiger partial charge in [-0.2, -0.15) is 0 Å². The van der Waals surface area contributed by atoms with Gasteiger partial charge in [0.2, 0.25) is 11.7 Å². The molecule has 4 rings (SSSR count). The SMILES string of the molecule is COc1cc2nc(C)ccc2cc1-c1cnc([C@H](CCCCCC(=O)c2ncco2)NC(=O)OC(C)(C)C)o1. The van der Waals surface area contributed by atoms with E-state index in [4.69, 9.17) is 18.3 Å². The Kier molecular flexibility index (Phi) is 8.63. The summed E-state index contributed by atoms with van der Waals surface area (Å²) in [6.07, 6.45) is 6.94. The molecule has 0 aliphatic carbocycles. The predicted molar refractivity (Wildman–Crippen MR) is 145 cm³/mol. The Morgan fingerprint density at radius 3 is 2.64 bits per heavy atom. The molecule has 0 fully saturated rings. The number of carbonyl (C=O) groups excluding carboxylic acids is 2. The summed E-state index contributed by atoms with van der Waals surface area (Å²) < 4.78 is 22.3. The average molecular weight is 535 g/mol. The number of rotatable bonds is 11. The van der Waals surface area contributed by atoms with Gasteiger partial charge in [-0.1, -0.05) is 18.9 Å². The van der Waals surface area contributed by atoms with Crippen molar-refractivity contribution in [2.45, 2.75) is 71.4 Å². The number of nitrogens with one attached hydrogen (secondary N) is 1. The molecule has 1 aromatic carbocycles. The molecule has 206 valence electrons. The number of hydrogen-bond donors (Lipinski definition) is 1. The second-order valence-corrected chi connectivity index (χ2v) is 10.3. The maximum Gasteiger partial charge on any atom is 0.408 e. The zero-order valence-corrected chi connectivity index (χ0v) is 22.9. The first-order valence-corrected chi connectivity index (χ1v) is 13.0. The van der Waals surface area contributed by atoms with E-state index < -0.39 is 17.7 Å². The molecule has 0 unspecified atom stereocenters.